The van der Waals surface area contributed by atoms with Crippen LogP contribution in [0.25, 0.3) is 0 Å². The summed E-state index contributed by atoms with van der Waals surface area (Å²) in [6.45, 7) is 0. The first-order valence-electron chi connectivity index (χ1n) is 5.52. The van der Waals surface area contributed by atoms with E-state index in [-0.39, 0.29) is 18.4 Å². The predicted molar refractivity (Wildman–Crippen MR) is 71.1 cm³/mol. The molecule has 0 spiro atoms. The van der Waals surface area contributed by atoms with Gasteiger partial charge in [-0.2, -0.15) is 0 Å². The Morgan fingerprint density at radius 3 is 2.24 bits per heavy atom. The molecule has 0 saturated heterocycles. The summed E-state index contributed by atoms with van der Waals surface area (Å²) < 4.78 is 22.5. The van der Waals surface area contributed by atoms with Crippen molar-refractivity contribution in [2.45, 2.75) is 30.2 Å². The smallest absolute Gasteiger partial charge is 0.175 e. The van der Waals surface area contributed by atoms with Crippen LogP contribution in [0.4, 0.5) is 0 Å². The van der Waals surface area contributed by atoms with Gasteiger partial charge in [-0.25, -0.2) is 8.42 Å². The minimum atomic E-state index is -3.10. The first-order valence-corrected chi connectivity index (χ1v) is 7.41. The number of sulfone groups is 1. The van der Waals surface area contributed by atoms with Crippen molar-refractivity contribution in [3.8, 4) is 0 Å². The van der Waals surface area contributed by atoms with Gasteiger partial charge >= 0.3 is 0 Å². The third-order valence-electron chi connectivity index (χ3n) is 3.02. The predicted octanol–water partition coefficient (Wildman–Crippen LogP) is 2.31. The molecule has 0 radical (unpaired) electrons. The van der Waals surface area contributed by atoms with Crippen molar-refractivity contribution in [3.63, 3.8) is 0 Å². The van der Waals surface area contributed by atoms with E-state index in [1.807, 2.05) is 12.1 Å². The minimum Gasteiger partial charge on any atom is -0.324 e. The minimum absolute atomic E-state index is 0. The molecule has 96 valence electrons. The van der Waals surface area contributed by atoms with E-state index in [1.165, 1.54) is 19.1 Å². The Balaban J connectivity index is 0.00000144. The summed E-state index contributed by atoms with van der Waals surface area (Å²) in [7, 11) is -3.10. The van der Waals surface area contributed by atoms with Crippen LogP contribution in [0, 0.1) is 5.92 Å². The van der Waals surface area contributed by atoms with Crippen molar-refractivity contribution in [3.05, 3.63) is 29.8 Å². The standard InChI is InChI=1S/C12H17NO2S.ClH/c1-16(14,15)11-6-4-10(5-7-11)12(13)8-9-2-3-9;/h4-7,9,12H,2-3,8,13H2,1H3;1H/t12-;/m1./s1. The molecular formula is C12H18ClNO2S. The van der Waals surface area contributed by atoms with Gasteiger partial charge in [0.2, 0.25) is 0 Å². The van der Waals surface area contributed by atoms with Crippen LogP contribution in [-0.2, 0) is 9.84 Å². The van der Waals surface area contributed by atoms with E-state index in [0.717, 1.165) is 17.9 Å². The highest BCUT2D eigenvalue weighted by atomic mass is 35.5. The lowest BCUT2D eigenvalue weighted by Gasteiger charge is -2.11. The molecule has 1 atom stereocenters. The maximum Gasteiger partial charge on any atom is 0.175 e. The largest absolute Gasteiger partial charge is 0.324 e. The first kappa shape index (κ1) is 14.5. The molecule has 0 unspecified atom stereocenters. The normalized spacial score (nSPS) is 17.3. The maximum absolute atomic E-state index is 11.3. The molecule has 1 aromatic rings. The third kappa shape index (κ3) is 3.98. The SMILES string of the molecule is CS(=O)(=O)c1ccc([C@H](N)CC2CC2)cc1.Cl. The molecule has 1 aromatic carbocycles. The Kier molecular flexibility index (Phi) is 4.58. The number of hydrogen-bond donors (Lipinski definition) is 1. The van der Waals surface area contributed by atoms with E-state index < -0.39 is 9.84 Å². The van der Waals surface area contributed by atoms with Gasteiger partial charge in [-0.15, -0.1) is 12.4 Å². The first-order chi connectivity index (χ1) is 7.47. The number of rotatable bonds is 4. The molecule has 1 aliphatic carbocycles. The molecule has 3 nitrogen and oxygen atoms in total. The zero-order valence-corrected chi connectivity index (χ0v) is 11.4. The summed E-state index contributed by atoms with van der Waals surface area (Å²) in [6.07, 6.45) is 4.80. The Morgan fingerprint density at radius 1 is 1.29 bits per heavy atom. The molecule has 1 saturated carbocycles. The topological polar surface area (TPSA) is 60.2 Å². The highest BCUT2D eigenvalue weighted by Crippen LogP contribution is 2.36. The van der Waals surface area contributed by atoms with E-state index >= 15 is 0 Å². The van der Waals surface area contributed by atoms with Crippen LogP contribution in [-0.4, -0.2) is 14.7 Å². The van der Waals surface area contributed by atoms with Gasteiger partial charge in [0.1, 0.15) is 0 Å². The van der Waals surface area contributed by atoms with Gasteiger partial charge in [0.25, 0.3) is 0 Å². The molecule has 0 amide bonds. The van der Waals surface area contributed by atoms with Gasteiger partial charge < -0.3 is 5.73 Å². The summed E-state index contributed by atoms with van der Waals surface area (Å²) in [5.74, 6) is 0.782. The summed E-state index contributed by atoms with van der Waals surface area (Å²) in [5, 5.41) is 0. The average molecular weight is 276 g/mol. The van der Waals surface area contributed by atoms with Gasteiger partial charge in [0.05, 0.1) is 4.90 Å². The summed E-state index contributed by atoms with van der Waals surface area (Å²) in [4.78, 5) is 0.356. The van der Waals surface area contributed by atoms with E-state index in [0.29, 0.717) is 4.90 Å². The fourth-order valence-electron chi connectivity index (χ4n) is 1.81. The van der Waals surface area contributed by atoms with Crippen LogP contribution >= 0.6 is 12.4 Å². The molecule has 0 aliphatic heterocycles. The van der Waals surface area contributed by atoms with Gasteiger partial charge in [-0.05, 0) is 30.0 Å². The van der Waals surface area contributed by atoms with Gasteiger partial charge in [0.15, 0.2) is 9.84 Å². The lowest BCUT2D eigenvalue weighted by atomic mass is 10.0. The molecule has 0 heterocycles. The van der Waals surface area contributed by atoms with Crippen LogP contribution in [0.15, 0.2) is 29.2 Å². The lowest BCUT2D eigenvalue weighted by molar-refractivity contribution is 0.594. The van der Waals surface area contributed by atoms with Crippen molar-refractivity contribution in [1.82, 2.24) is 0 Å². The number of nitrogens with two attached hydrogens (primary N) is 1. The van der Waals surface area contributed by atoms with Crippen molar-refractivity contribution < 1.29 is 8.42 Å². The Labute approximate surface area is 109 Å². The Bertz CT molecular complexity index is 466. The summed E-state index contributed by atoms with van der Waals surface area (Å²) >= 11 is 0. The highest BCUT2D eigenvalue weighted by molar-refractivity contribution is 7.90. The van der Waals surface area contributed by atoms with Crippen molar-refractivity contribution in [1.29, 1.82) is 0 Å². The zero-order chi connectivity index (χ0) is 11.8. The molecule has 17 heavy (non-hydrogen) atoms. The van der Waals surface area contributed by atoms with E-state index in [2.05, 4.69) is 0 Å². The van der Waals surface area contributed by atoms with Crippen molar-refractivity contribution in [2.75, 3.05) is 6.26 Å². The van der Waals surface area contributed by atoms with Crippen LogP contribution in [0.1, 0.15) is 30.9 Å². The van der Waals surface area contributed by atoms with Gasteiger partial charge in [-0.3, -0.25) is 0 Å². The van der Waals surface area contributed by atoms with Crippen LogP contribution in [0.2, 0.25) is 0 Å². The number of hydrogen-bond acceptors (Lipinski definition) is 3. The van der Waals surface area contributed by atoms with E-state index in [1.54, 1.807) is 12.1 Å². The van der Waals surface area contributed by atoms with Crippen molar-refractivity contribution in [2.24, 2.45) is 11.7 Å². The zero-order valence-electron chi connectivity index (χ0n) is 9.80. The maximum atomic E-state index is 11.3. The summed E-state index contributed by atoms with van der Waals surface area (Å²) in [5.41, 5.74) is 7.07. The fraction of sp³-hybridized carbons (Fsp3) is 0.500. The highest BCUT2D eigenvalue weighted by Gasteiger charge is 2.24. The van der Waals surface area contributed by atoms with Crippen LogP contribution in [0.5, 0.6) is 0 Å². The summed E-state index contributed by atoms with van der Waals surface area (Å²) in [6, 6.07) is 6.96. The molecule has 2 N–H and O–H groups in total. The van der Waals surface area contributed by atoms with Gasteiger partial charge in [-0.1, -0.05) is 25.0 Å². The second-order valence-electron chi connectivity index (χ2n) is 4.63. The fourth-order valence-corrected chi connectivity index (χ4v) is 2.44. The third-order valence-corrected chi connectivity index (χ3v) is 4.15. The number of halogens is 1. The van der Waals surface area contributed by atoms with Crippen LogP contribution < -0.4 is 5.73 Å². The molecule has 1 fully saturated rings. The average Bonchev–Trinajstić information content (AvgIpc) is 3.00. The van der Waals surface area contributed by atoms with Gasteiger partial charge in [0, 0.05) is 12.3 Å². The second-order valence-corrected chi connectivity index (χ2v) is 6.64. The molecule has 5 heteroatoms. The monoisotopic (exact) mass is 275 g/mol. The van der Waals surface area contributed by atoms with Crippen LogP contribution in [0.3, 0.4) is 0 Å². The Morgan fingerprint density at radius 2 is 1.82 bits per heavy atom. The molecule has 0 aromatic heterocycles. The lowest BCUT2D eigenvalue weighted by Crippen LogP contribution is -2.11. The molecule has 1 aliphatic rings. The second kappa shape index (κ2) is 5.38. The molecule has 2 rings (SSSR count). The Hall–Kier alpha value is -0.580. The van der Waals surface area contributed by atoms with E-state index in [9.17, 15) is 8.42 Å². The molecule has 0 bridgehead atoms. The van der Waals surface area contributed by atoms with E-state index in [4.69, 9.17) is 5.73 Å². The quantitative estimate of drug-likeness (QED) is 0.917. The van der Waals surface area contributed by atoms with Crippen molar-refractivity contribution >= 4 is 22.2 Å². The molecular weight excluding hydrogens is 258 g/mol. The number of benzene rings is 1.